The first kappa shape index (κ1) is 18.3. The van der Waals surface area contributed by atoms with Crippen LogP contribution in [0.4, 0.5) is 9.59 Å². The first-order valence-electron chi connectivity index (χ1n) is 6.90. The van der Waals surface area contributed by atoms with Crippen LogP contribution in [0.3, 0.4) is 0 Å². The molecule has 0 radical (unpaired) electrons. The Labute approximate surface area is 132 Å². The average Bonchev–Trinajstić information content (AvgIpc) is 2.52. The van der Waals surface area contributed by atoms with E-state index in [-0.39, 0.29) is 18.8 Å². The van der Waals surface area contributed by atoms with Crippen LogP contribution in [-0.2, 0) is 29.3 Å². The van der Waals surface area contributed by atoms with Crippen LogP contribution in [0, 0.1) is 0 Å². The van der Waals surface area contributed by atoms with Crippen molar-refractivity contribution in [2.45, 2.75) is 19.4 Å². The van der Waals surface area contributed by atoms with Gasteiger partial charge in [0.15, 0.2) is 6.61 Å². The summed E-state index contributed by atoms with van der Waals surface area (Å²) in [5.41, 5.74) is -2.12. The molecule has 8 nitrogen and oxygen atoms in total. The molecule has 0 amide bonds. The number of carboxylic acid groups (broad SMARTS) is 1. The number of rotatable bonds is 7. The van der Waals surface area contributed by atoms with Crippen molar-refractivity contribution in [3.63, 3.8) is 0 Å². The van der Waals surface area contributed by atoms with Crippen LogP contribution >= 0.6 is 0 Å². The standard InChI is InChI=1S/C15H18O8/c1-3-20-13(18)22-10-15(12(16)17,23-14(19)21-4-2)11-8-6-5-7-9-11/h5-9H,3-4,10H2,1-2H3,(H,16,17). The lowest BCUT2D eigenvalue weighted by Crippen LogP contribution is -2.45. The highest BCUT2D eigenvalue weighted by atomic mass is 16.8. The minimum atomic E-state index is -2.24. The van der Waals surface area contributed by atoms with Gasteiger partial charge in [-0.2, -0.15) is 0 Å². The second-order valence-corrected chi connectivity index (χ2v) is 4.25. The number of carboxylic acids is 1. The second kappa shape index (κ2) is 8.62. The molecule has 1 atom stereocenters. The number of carbonyl (C=O) groups is 3. The highest BCUT2D eigenvalue weighted by molar-refractivity contribution is 5.82. The zero-order valence-electron chi connectivity index (χ0n) is 12.8. The van der Waals surface area contributed by atoms with Crippen LogP contribution in [0.5, 0.6) is 0 Å². The molecule has 23 heavy (non-hydrogen) atoms. The topological polar surface area (TPSA) is 108 Å². The van der Waals surface area contributed by atoms with Gasteiger partial charge in [-0.3, -0.25) is 0 Å². The van der Waals surface area contributed by atoms with Gasteiger partial charge in [-0.15, -0.1) is 0 Å². The van der Waals surface area contributed by atoms with Crippen LogP contribution in [0.15, 0.2) is 30.3 Å². The zero-order chi connectivity index (χ0) is 17.3. The molecule has 0 spiro atoms. The van der Waals surface area contributed by atoms with Crippen molar-refractivity contribution in [3.05, 3.63) is 35.9 Å². The molecule has 0 bridgehead atoms. The first-order chi connectivity index (χ1) is 11.0. The summed E-state index contributed by atoms with van der Waals surface area (Å²) in [5.74, 6) is -1.51. The molecule has 0 saturated carbocycles. The number of hydrogen-bond donors (Lipinski definition) is 1. The lowest BCUT2D eigenvalue weighted by molar-refractivity contribution is -0.168. The van der Waals surface area contributed by atoms with E-state index in [9.17, 15) is 19.5 Å². The van der Waals surface area contributed by atoms with Crippen molar-refractivity contribution in [2.24, 2.45) is 0 Å². The molecule has 0 aromatic heterocycles. The van der Waals surface area contributed by atoms with Gasteiger partial charge in [-0.1, -0.05) is 30.3 Å². The second-order valence-electron chi connectivity index (χ2n) is 4.25. The summed E-state index contributed by atoms with van der Waals surface area (Å²) in [6, 6.07) is 7.65. The molecule has 0 aliphatic heterocycles. The van der Waals surface area contributed by atoms with E-state index in [0.717, 1.165) is 0 Å². The summed E-state index contributed by atoms with van der Waals surface area (Å²) in [5, 5.41) is 9.57. The molecule has 1 N–H and O–H groups in total. The summed E-state index contributed by atoms with van der Waals surface area (Å²) in [7, 11) is 0. The van der Waals surface area contributed by atoms with E-state index in [1.165, 1.54) is 12.1 Å². The van der Waals surface area contributed by atoms with Gasteiger partial charge < -0.3 is 24.1 Å². The maximum atomic E-state index is 11.8. The Bertz CT molecular complexity index is 542. The van der Waals surface area contributed by atoms with Crippen molar-refractivity contribution in [2.75, 3.05) is 19.8 Å². The van der Waals surface area contributed by atoms with Gasteiger partial charge in [-0.25, -0.2) is 14.4 Å². The predicted octanol–water partition coefficient (Wildman–Crippen LogP) is 2.31. The molecule has 126 valence electrons. The summed E-state index contributed by atoms with van der Waals surface area (Å²) < 4.78 is 18.9. The molecule has 0 aliphatic rings. The molecule has 1 aromatic rings. The Kier molecular flexibility index (Phi) is 6.85. The van der Waals surface area contributed by atoms with Gasteiger partial charge in [0.25, 0.3) is 5.60 Å². The maximum Gasteiger partial charge on any atom is 0.509 e. The molecule has 8 heteroatoms. The summed E-state index contributed by atoms with van der Waals surface area (Å²) in [4.78, 5) is 34.7. The normalized spacial score (nSPS) is 12.6. The Balaban J connectivity index is 3.12. The molecule has 1 unspecified atom stereocenters. The van der Waals surface area contributed by atoms with E-state index < -0.39 is 30.5 Å². The molecular formula is C15H18O8. The highest BCUT2D eigenvalue weighted by Gasteiger charge is 2.47. The number of aliphatic carboxylic acids is 1. The number of benzene rings is 1. The van der Waals surface area contributed by atoms with Crippen LogP contribution in [0.25, 0.3) is 0 Å². The number of hydrogen-bond acceptors (Lipinski definition) is 7. The van der Waals surface area contributed by atoms with Crippen molar-refractivity contribution < 1.29 is 38.4 Å². The fourth-order valence-corrected chi connectivity index (χ4v) is 1.72. The quantitative estimate of drug-likeness (QED) is 0.760. The van der Waals surface area contributed by atoms with Crippen molar-refractivity contribution in [3.8, 4) is 0 Å². The SMILES string of the molecule is CCOC(=O)OCC(OC(=O)OCC)(C(=O)O)c1ccccc1. The summed E-state index contributed by atoms with van der Waals surface area (Å²) in [6.07, 6.45) is -2.26. The summed E-state index contributed by atoms with van der Waals surface area (Å²) >= 11 is 0. The Hall–Kier alpha value is -2.77. The van der Waals surface area contributed by atoms with Gasteiger partial charge in [0.1, 0.15) is 0 Å². The van der Waals surface area contributed by atoms with Gasteiger partial charge in [0, 0.05) is 5.56 Å². The summed E-state index contributed by atoms with van der Waals surface area (Å²) in [6.45, 7) is 2.41. The maximum absolute atomic E-state index is 11.8. The largest absolute Gasteiger partial charge is 0.509 e. The van der Waals surface area contributed by atoms with Crippen LogP contribution < -0.4 is 0 Å². The average molecular weight is 326 g/mol. The zero-order valence-corrected chi connectivity index (χ0v) is 12.8. The Morgan fingerprint density at radius 3 is 2.04 bits per heavy atom. The fraction of sp³-hybridized carbons (Fsp3) is 0.400. The van der Waals surface area contributed by atoms with Gasteiger partial charge in [0.05, 0.1) is 13.2 Å². The van der Waals surface area contributed by atoms with E-state index in [0.29, 0.717) is 0 Å². The molecule has 0 aliphatic carbocycles. The van der Waals surface area contributed by atoms with E-state index in [2.05, 4.69) is 9.47 Å². The predicted molar refractivity (Wildman–Crippen MR) is 76.8 cm³/mol. The van der Waals surface area contributed by atoms with E-state index in [4.69, 9.17) is 9.47 Å². The van der Waals surface area contributed by atoms with Crippen molar-refractivity contribution in [1.82, 2.24) is 0 Å². The molecular weight excluding hydrogens is 308 g/mol. The van der Waals surface area contributed by atoms with Crippen LogP contribution in [-0.4, -0.2) is 43.2 Å². The van der Waals surface area contributed by atoms with Gasteiger partial charge in [-0.05, 0) is 13.8 Å². The third-order valence-corrected chi connectivity index (χ3v) is 2.76. The number of carbonyl (C=O) groups excluding carboxylic acids is 2. The van der Waals surface area contributed by atoms with Crippen molar-refractivity contribution >= 4 is 18.3 Å². The van der Waals surface area contributed by atoms with E-state index in [1.54, 1.807) is 32.0 Å². The molecule has 1 rings (SSSR count). The van der Waals surface area contributed by atoms with Crippen LogP contribution in [0.2, 0.25) is 0 Å². The van der Waals surface area contributed by atoms with Gasteiger partial charge in [0.2, 0.25) is 0 Å². The number of ether oxygens (including phenoxy) is 4. The third-order valence-electron chi connectivity index (χ3n) is 2.76. The Morgan fingerprint density at radius 1 is 0.957 bits per heavy atom. The van der Waals surface area contributed by atoms with Gasteiger partial charge >= 0.3 is 18.3 Å². The molecule has 1 aromatic carbocycles. The lowest BCUT2D eigenvalue weighted by atomic mass is 9.94. The minimum Gasteiger partial charge on any atom is -0.478 e. The smallest absolute Gasteiger partial charge is 0.478 e. The lowest BCUT2D eigenvalue weighted by Gasteiger charge is -2.28. The molecule has 0 fully saturated rings. The third kappa shape index (κ3) is 4.87. The highest BCUT2D eigenvalue weighted by Crippen LogP contribution is 2.28. The van der Waals surface area contributed by atoms with Crippen LogP contribution in [0.1, 0.15) is 19.4 Å². The molecule has 0 saturated heterocycles. The minimum absolute atomic E-state index is 0.00204. The first-order valence-corrected chi connectivity index (χ1v) is 6.90. The monoisotopic (exact) mass is 326 g/mol. The fourth-order valence-electron chi connectivity index (χ4n) is 1.72. The molecule has 0 heterocycles. The van der Waals surface area contributed by atoms with Crippen molar-refractivity contribution in [1.29, 1.82) is 0 Å². The van der Waals surface area contributed by atoms with E-state index >= 15 is 0 Å². The van der Waals surface area contributed by atoms with E-state index in [1.807, 2.05) is 0 Å². The Morgan fingerprint density at radius 2 is 1.52 bits per heavy atom.